The van der Waals surface area contributed by atoms with E-state index in [-0.39, 0.29) is 23.7 Å². The number of aromatic nitrogens is 2. The molecule has 7 nitrogen and oxygen atoms in total. The number of carbonyl (C=O) groups is 1. The first-order valence-electron chi connectivity index (χ1n) is 9.05. The van der Waals surface area contributed by atoms with Crippen LogP contribution in [0.15, 0.2) is 16.4 Å². The van der Waals surface area contributed by atoms with Gasteiger partial charge >= 0.3 is 5.69 Å². The number of rotatable bonds is 7. The molecule has 26 heavy (non-hydrogen) atoms. The van der Waals surface area contributed by atoms with Gasteiger partial charge in [-0.2, -0.15) is 4.98 Å². The van der Waals surface area contributed by atoms with E-state index in [2.05, 4.69) is 15.3 Å². The molecule has 1 fully saturated rings. The molecule has 1 amide bonds. The molecule has 0 bridgehead atoms. The lowest BCUT2D eigenvalue weighted by Gasteiger charge is -2.32. The van der Waals surface area contributed by atoms with E-state index < -0.39 is 0 Å². The van der Waals surface area contributed by atoms with Crippen LogP contribution in [0.2, 0.25) is 0 Å². The Morgan fingerprint density at radius 3 is 2.88 bits per heavy atom. The molecule has 0 aromatic carbocycles. The average molecular weight is 363 g/mol. The summed E-state index contributed by atoms with van der Waals surface area (Å²) in [6.45, 7) is 9.32. The van der Waals surface area contributed by atoms with Gasteiger partial charge in [-0.25, -0.2) is 4.79 Å². The van der Waals surface area contributed by atoms with Gasteiger partial charge in [0, 0.05) is 24.4 Å². The van der Waals surface area contributed by atoms with Crippen LogP contribution in [0.3, 0.4) is 0 Å². The molecule has 0 saturated carbocycles. The number of aromatic amines is 1. The number of hydrogen-bond acceptors (Lipinski definition) is 5. The van der Waals surface area contributed by atoms with Crippen molar-refractivity contribution in [1.82, 2.24) is 15.3 Å². The Bertz CT molecular complexity index is 681. The first-order chi connectivity index (χ1) is 12.4. The fourth-order valence-corrected chi connectivity index (χ4v) is 3.03. The molecular weight excluding hydrogens is 334 g/mol. The van der Waals surface area contributed by atoms with Crippen molar-refractivity contribution in [3.63, 3.8) is 0 Å². The van der Waals surface area contributed by atoms with Crippen molar-refractivity contribution >= 4 is 5.91 Å². The summed E-state index contributed by atoms with van der Waals surface area (Å²) in [6.07, 6.45) is 3.62. The molecule has 1 aliphatic rings. The lowest BCUT2D eigenvalue weighted by Crippen LogP contribution is -2.50. The van der Waals surface area contributed by atoms with Crippen LogP contribution in [0.1, 0.15) is 43.6 Å². The van der Waals surface area contributed by atoms with Gasteiger partial charge in [-0.15, -0.1) is 0 Å². The van der Waals surface area contributed by atoms with Crippen LogP contribution in [0.5, 0.6) is 0 Å². The molecule has 0 aliphatic carbocycles. The zero-order valence-corrected chi connectivity index (χ0v) is 16.1. The number of nitrogens with zero attached hydrogens (tertiary/aromatic N) is 1. The summed E-state index contributed by atoms with van der Waals surface area (Å²) in [7, 11) is 0. The Morgan fingerprint density at radius 2 is 2.19 bits per heavy atom. The Labute approximate surface area is 154 Å². The predicted molar refractivity (Wildman–Crippen MR) is 99.2 cm³/mol. The lowest BCUT2D eigenvalue weighted by atomic mass is 10.0. The molecule has 7 heteroatoms. The maximum absolute atomic E-state index is 12.4. The monoisotopic (exact) mass is 363 g/mol. The molecule has 2 rings (SSSR count). The smallest absolute Gasteiger partial charge is 0.345 e. The maximum atomic E-state index is 12.4. The van der Waals surface area contributed by atoms with Crippen LogP contribution in [0, 0.1) is 13.8 Å². The number of nitrogens with one attached hydrogen (secondary N) is 2. The van der Waals surface area contributed by atoms with E-state index >= 15 is 0 Å². The van der Waals surface area contributed by atoms with E-state index in [9.17, 15) is 9.59 Å². The maximum Gasteiger partial charge on any atom is 0.345 e. The van der Waals surface area contributed by atoms with Crippen LogP contribution in [-0.2, 0) is 20.7 Å². The highest BCUT2D eigenvalue weighted by atomic mass is 16.5. The van der Waals surface area contributed by atoms with Crippen molar-refractivity contribution in [3.8, 4) is 0 Å². The van der Waals surface area contributed by atoms with Crippen LogP contribution in [0.25, 0.3) is 0 Å². The third-order valence-corrected chi connectivity index (χ3v) is 4.50. The van der Waals surface area contributed by atoms with Gasteiger partial charge in [-0.3, -0.25) is 4.79 Å². The quantitative estimate of drug-likeness (QED) is 0.718. The highest BCUT2D eigenvalue weighted by Crippen LogP contribution is 2.14. The molecule has 2 atom stereocenters. The molecule has 2 heterocycles. The van der Waals surface area contributed by atoms with Gasteiger partial charge in [0.2, 0.25) is 5.91 Å². The second kappa shape index (κ2) is 9.64. The molecule has 1 aromatic heterocycles. The molecule has 0 radical (unpaired) electrons. The van der Waals surface area contributed by atoms with Crippen molar-refractivity contribution in [3.05, 3.63) is 39.1 Å². The fourth-order valence-electron chi connectivity index (χ4n) is 3.03. The highest BCUT2D eigenvalue weighted by molar-refractivity contribution is 5.76. The number of aryl methyl sites for hydroxylation is 2. The van der Waals surface area contributed by atoms with E-state index in [4.69, 9.17) is 9.47 Å². The van der Waals surface area contributed by atoms with Crippen LogP contribution >= 0.6 is 0 Å². The summed E-state index contributed by atoms with van der Waals surface area (Å²) in [5.74, 6) is -0.0543. The van der Waals surface area contributed by atoms with Crippen LogP contribution in [-0.4, -0.2) is 47.8 Å². The topological polar surface area (TPSA) is 93.3 Å². The van der Waals surface area contributed by atoms with E-state index in [0.29, 0.717) is 38.4 Å². The van der Waals surface area contributed by atoms with Crippen molar-refractivity contribution in [2.24, 2.45) is 0 Å². The van der Waals surface area contributed by atoms with Crippen LogP contribution in [0.4, 0.5) is 0 Å². The second-order valence-corrected chi connectivity index (χ2v) is 6.92. The van der Waals surface area contributed by atoms with Gasteiger partial charge in [-0.1, -0.05) is 11.6 Å². The van der Waals surface area contributed by atoms with Gasteiger partial charge in [0.1, 0.15) is 0 Å². The van der Waals surface area contributed by atoms with Crippen molar-refractivity contribution in [2.75, 3.05) is 19.8 Å². The Kier molecular flexibility index (Phi) is 7.53. The number of carbonyl (C=O) groups excluding carboxylic acids is 1. The highest BCUT2D eigenvalue weighted by Gasteiger charge is 2.27. The van der Waals surface area contributed by atoms with Crippen molar-refractivity contribution in [1.29, 1.82) is 0 Å². The summed E-state index contributed by atoms with van der Waals surface area (Å²) >= 11 is 0. The van der Waals surface area contributed by atoms with Gasteiger partial charge in [-0.05, 0) is 46.1 Å². The number of allylic oxidation sites excluding steroid dienone is 1. The van der Waals surface area contributed by atoms with Crippen molar-refractivity contribution in [2.45, 2.75) is 59.1 Å². The van der Waals surface area contributed by atoms with E-state index in [1.807, 2.05) is 26.8 Å². The standard InChI is InChI=1S/C19H29N3O4/c1-12(2)7-10-26-17-8-9-25-11-16(17)22-18(23)6-5-15-13(3)20-19(24)21-14(15)4/h7,16-17H,5-6,8-11H2,1-4H3,(H,22,23)(H,20,21,24)/t16-,17+/m1/s1. The number of hydrogen-bond donors (Lipinski definition) is 2. The van der Waals surface area contributed by atoms with Gasteiger partial charge in [0.25, 0.3) is 0 Å². The zero-order chi connectivity index (χ0) is 19.1. The summed E-state index contributed by atoms with van der Waals surface area (Å²) in [4.78, 5) is 30.3. The van der Waals surface area contributed by atoms with Gasteiger partial charge in [0.05, 0.1) is 25.4 Å². The summed E-state index contributed by atoms with van der Waals surface area (Å²) in [5.41, 5.74) is 3.19. The Hall–Kier alpha value is -1.99. The molecule has 0 unspecified atom stereocenters. The molecule has 2 N–H and O–H groups in total. The minimum absolute atomic E-state index is 0.0403. The average Bonchev–Trinajstić information content (AvgIpc) is 2.55. The van der Waals surface area contributed by atoms with Crippen molar-refractivity contribution < 1.29 is 14.3 Å². The third kappa shape index (κ3) is 6.07. The molecule has 144 valence electrons. The normalized spacial score (nSPS) is 19.8. The zero-order valence-electron chi connectivity index (χ0n) is 16.1. The summed E-state index contributed by atoms with van der Waals surface area (Å²) < 4.78 is 11.4. The van der Waals surface area contributed by atoms with E-state index in [1.165, 1.54) is 5.57 Å². The number of amides is 1. The SMILES string of the molecule is CC(C)=CCO[C@H]1CCOC[C@H]1NC(=O)CCc1c(C)nc(=O)[nH]c1C. The minimum atomic E-state index is -0.357. The first-order valence-corrected chi connectivity index (χ1v) is 9.05. The largest absolute Gasteiger partial charge is 0.379 e. The molecule has 1 aliphatic heterocycles. The van der Waals surface area contributed by atoms with Gasteiger partial charge < -0.3 is 19.8 Å². The predicted octanol–water partition coefficient (Wildman–Crippen LogP) is 1.58. The molecule has 1 aromatic rings. The fraction of sp³-hybridized carbons (Fsp3) is 0.632. The van der Waals surface area contributed by atoms with E-state index in [0.717, 1.165) is 17.7 Å². The molecule has 1 saturated heterocycles. The number of H-pyrrole nitrogens is 1. The molecule has 0 spiro atoms. The molecular formula is C19H29N3O4. The second-order valence-electron chi connectivity index (χ2n) is 6.92. The summed E-state index contributed by atoms with van der Waals surface area (Å²) in [6, 6.07) is -0.141. The Balaban J connectivity index is 1.89. The van der Waals surface area contributed by atoms with Gasteiger partial charge in [0.15, 0.2) is 0 Å². The first kappa shape index (κ1) is 20.3. The number of ether oxygens (including phenoxy) is 2. The minimum Gasteiger partial charge on any atom is -0.379 e. The van der Waals surface area contributed by atoms with E-state index in [1.54, 1.807) is 6.92 Å². The lowest BCUT2D eigenvalue weighted by molar-refractivity contribution is -0.125. The van der Waals surface area contributed by atoms with Crippen LogP contribution < -0.4 is 11.0 Å². The summed E-state index contributed by atoms with van der Waals surface area (Å²) in [5, 5.41) is 3.03. The third-order valence-electron chi connectivity index (χ3n) is 4.50. The Morgan fingerprint density at radius 1 is 1.42 bits per heavy atom.